The topological polar surface area (TPSA) is 15.6 Å². The van der Waals surface area contributed by atoms with Gasteiger partial charge in [0.05, 0.1) is 6.54 Å². The molecule has 1 aromatic carbocycles. The van der Waals surface area contributed by atoms with E-state index < -0.39 is 17.5 Å². The fourth-order valence-electron chi connectivity index (χ4n) is 1.06. The van der Waals surface area contributed by atoms with E-state index in [2.05, 4.69) is 4.99 Å². The fourth-order valence-corrected chi connectivity index (χ4v) is 1.06. The molecule has 1 aromatic rings. The van der Waals surface area contributed by atoms with Gasteiger partial charge in [0.25, 0.3) is 0 Å². The van der Waals surface area contributed by atoms with E-state index in [-0.39, 0.29) is 5.56 Å². The number of rotatable bonds is 4. The number of hydrogen-bond donors (Lipinski definition) is 0. The van der Waals surface area contributed by atoms with E-state index in [1.165, 1.54) is 6.21 Å². The molecule has 0 saturated carbocycles. The summed E-state index contributed by atoms with van der Waals surface area (Å²) in [5, 5.41) is 0. The van der Waals surface area contributed by atoms with Crippen LogP contribution in [0.5, 0.6) is 0 Å². The molecule has 0 aliphatic carbocycles. The Hall–Kier alpha value is -1.36. The van der Waals surface area contributed by atoms with Gasteiger partial charge in [-0.15, -0.1) is 0 Å². The number of aliphatic imine (C=N–C) groups is 1. The summed E-state index contributed by atoms with van der Waals surface area (Å²) in [5.74, 6) is -3.08. The van der Waals surface area contributed by atoms with Crippen molar-refractivity contribution < 1.29 is 13.2 Å². The van der Waals surface area contributed by atoms with Crippen molar-refractivity contribution in [3.8, 4) is 0 Å². The Bertz CT molecular complexity index is 389. The first-order valence-electron chi connectivity index (χ1n) is 4.80. The Morgan fingerprint density at radius 2 is 1.75 bits per heavy atom. The van der Waals surface area contributed by atoms with E-state index in [0.29, 0.717) is 19.2 Å². The maximum Gasteiger partial charge on any atom is 0.161 e. The number of hydrogen-bond acceptors (Lipinski definition) is 2. The molecule has 0 amide bonds. The lowest BCUT2D eigenvalue weighted by Crippen LogP contribution is -2.15. The molecule has 0 atom stereocenters. The van der Waals surface area contributed by atoms with Gasteiger partial charge in [0.2, 0.25) is 0 Å². The van der Waals surface area contributed by atoms with Crippen LogP contribution in [0, 0.1) is 17.5 Å². The van der Waals surface area contributed by atoms with Gasteiger partial charge < -0.3 is 4.90 Å². The molecule has 0 radical (unpaired) electrons. The van der Waals surface area contributed by atoms with Gasteiger partial charge in [-0.2, -0.15) is 0 Å². The summed E-state index contributed by atoms with van der Waals surface area (Å²) in [4.78, 5) is 5.83. The number of likely N-dealkylation sites (N-methyl/N-ethyl adjacent to an activating group) is 1. The van der Waals surface area contributed by atoms with Gasteiger partial charge >= 0.3 is 0 Å². The third-order valence-electron chi connectivity index (χ3n) is 1.95. The number of benzene rings is 1. The predicted molar refractivity (Wildman–Crippen MR) is 57.3 cm³/mol. The van der Waals surface area contributed by atoms with Crippen LogP contribution >= 0.6 is 0 Å². The Balaban J connectivity index is 2.70. The van der Waals surface area contributed by atoms with Crippen molar-refractivity contribution in [1.29, 1.82) is 0 Å². The van der Waals surface area contributed by atoms with Crippen LogP contribution in [-0.4, -0.2) is 38.3 Å². The second-order valence-electron chi connectivity index (χ2n) is 3.63. The highest BCUT2D eigenvalue weighted by Crippen LogP contribution is 2.11. The summed E-state index contributed by atoms with van der Waals surface area (Å²) < 4.78 is 38.5. The van der Waals surface area contributed by atoms with Gasteiger partial charge in [0.15, 0.2) is 11.6 Å². The molecule has 5 heteroatoms. The smallest absolute Gasteiger partial charge is 0.161 e. The lowest BCUT2D eigenvalue weighted by molar-refractivity contribution is 0.421. The zero-order valence-corrected chi connectivity index (χ0v) is 9.17. The lowest BCUT2D eigenvalue weighted by Gasteiger charge is -2.05. The second kappa shape index (κ2) is 5.65. The van der Waals surface area contributed by atoms with E-state index in [4.69, 9.17) is 0 Å². The average Bonchev–Trinajstić information content (AvgIpc) is 2.19. The van der Waals surface area contributed by atoms with Crippen molar-refractivity contribution >= 4 is 6.21 Å². The van der Waals surface area contributed by atoms with Crippen molar-refractivity contribution in [2.24, 2.45) is 4.99 Å². The third kappa shape index (κ3) is 3.66. The summed E-state index contributed by atoms with van der Waals surface area (Å²) in [6, 6.07) is 1.31. The van der Waals surface area contributed by atoms with E-state index in [9.17, 15) is 13.2 Å². The van der Waals surface area contributed by atoms with Gasteiger partial charge in [-0.1, -0.05) is 0 Å². The first-order chi connectivity index (χ1) is 7.50. The molecular formula is C11H13F3N2. The molecule has 0 unspecified atom stereocenters. The van der Waals surface area contributed by atoms with Crippen LogP contribution in [0.3, 0.4) is 0 Å². The molecule has 0 N–H and O–H groups in total. The molecule has 0 aliphatic rings. The van der Waals surface area contributed by atoms with Gasteiger partial charge in [-0.05, 0) is 20.2 Å². The third-order valence-corrected chi connectivity index (χ3v) is 1.95. The standard InChI is InChI=1S/C11H13F3N2/c1-16(2)4-3-15-7-8-5-10(13)11(14)6-9(8)12/h5-7H,3-4H2,1-2H3. The van der Waals surface area contributed by atoms with Gasteiger partial charge in [0, 0.05) is 24.4 Å². The summed E-state index contributed by atoms with van der Waals surface area (Å²) in [7, 11) is 3.77. The molecule has 88 valence electrons. The SMILES string of the molecule is CN(C)CCN=Cc1cc(F)c(F)cc1F. The average molecular weight is 230 g/mol. The fraction of sp³-hybridized carbons (Fsp3) is 0.364. The monoisotopic (exact) mass is 230 g/mol. The molecule has 1 rings (SSSR count). The van der Waals surface area contributed by atoms with Crippen LogP contribution in [0.1, 0.15) is 5.56 Å². The first kappa shape index (κ1) is 12.7. The van der Waals surface area contributed by atoms with Crippen LogP contribution in [0.25, 0.3) is 0 Å². The normalized spacial score (nSPS) is 11.6. The molecule has 0 aromatic heterocycles. The van der Waals surface area contributed by atoms with Gasteiger partial charge in [-0.25, -0.2) is 13.2 Å². The van der Waals surface area contributed by atoms with Crippen molar-refractivity contribution in [1.82, 2.24) is 4.90 Å². The Morgan fingerprint density at radius 1 is 1.12 bits per heavy atom. The number of halogens is 3. The van der Waals surface area contributed by atoms with Gasteiger partial charge in [0.1, 0.15) is 5.82 Å². The minimum Gasteiger partial charge on any atom is -0.308 e. The highest BCUT2D eigenvalue weighted by atomic mass is 19.2. The van der Waals surface area contributed by atoms with Crippen LogP contribution < -0.4 is 0 Å². The maximum atomic E-state index is 13.1. The van der Waals surface area contributed by atoms with Crippen LogP contribution in [0.15, 0.2) is 17.1 Å². The van der Waals surface area contributed by atoms with E-state index in [0.717, 1.165) is 6.07 Å². The molecule has 0 saturated heterocycles. The zero-order valence-electron chi connectivity index (χ0n) is 9.17. The summed E-state index contributed by atoms with van der Waals surface area (Å²) in [5.41, 5.74) is -0.0438. The summed E-state index contributed by atoms with van der Waals surface area (Å²) >= 11 is 0. The molecule has 0 fully saturated rings. The quantitative estimate of drug-likeness (QED) is 0.571. The highest BCUT2D eigenvalue weighted by Gasteiger charge is 2.07. The van der Waals surface area contributed by atoms with E-state index in [1.807, 2.05) is 19.0 Å². The lowest BCUT2D eigenvalue weighted by atomic mass is 10.2. The molecule has 0 bridgehead atoms. The Morgan fingerprint density at radius 3 is 2.38 bits per heavy atom. The van der Waals surface area contributed by atoms with Crippen LogP contribution in [0.2, 0.25) is 0 Å². The first-order valence-corrected chi connectivity index (χ1v) is 4.80. The maximum absolute atomic E-state index is 13.1. The second-order valence-corrected chi connectivity index (χ2v) is 3.63. The summed E-state index contributed by atoms with van der Waals surface area (Å²) in [6.07, 6.45) is 1.21. The van der Waals surface area contributed by atoms with Crippen molar-refractivity contribution in [3.63, 3.8) is 0 Å². The Labute approximate surface area is 92.4 Å². The molecule has 0 heterocycles. The van der Waals surface area contributed by atoms with Crippen LogP contribution in [0.4, 0.5) is 13.2 Å². The predicted octanol–water partition coefficient (Wildman–Crippen LogP) is 2.08. The minimum atomic E-state index is -1.19. The molecule has 0 aliphatic heterocycles. The van der Waals surface area contributed by atoms with Crippen molar-refractivity contribution in [2.75, 3.05) is 27.2 Å². The molecule has 16 heavy (non-hydrogen) atoms. The summed E-state index contributed by atoms with van der Waals surface area (Å²) in [6.45, 7) is 1.19. The highest BCUT2D eigenvalue weighted by molar-refractivity contribution is 5.79. The molecule has 0 spiro atoms. The van der Waals surface area contributed by atoms with Crippen molar-refractivity contribution in [3.05, 3.63) is 35.1 Å². The molecular weight excluding hydrogens is 217 g/mol. The van der Waals surface area contributed by atoms with E-state index in [1.54, 1.807) is 0 Å². The van der Waals surface area contributed by atoms with Crippen molar-refractivity contribution in [2.45, 2.75) is 0 Å². The number of nitrogens with zero attached hydrogens (tertiary/aromatic N) is 2. The van der Waals surface area contributed by atoms with Gasteiger partial charge in [-0.3, -0.25) is 4.99 Å². The van der Waals surface area contributed by atoms with E-state index >= 15 is 0 Å². The largest absolute Gasteiger partial charge is 0.308 e. The zero-order chi connectivity index (χ0) is 12.1. The Kier molecular flexibility index (Phi) is 4.49. The molecule has 2 nitrogen and oxygen atoms in total. The van der Waals surface area contributed by atoms with Crippen LogP contribution in [-0.2, 0) is 0 Å². The minimum absolute atomic E-state index is 0.0438.